The Morgan fingerprint density at radius 2 is 1.52 bits per heavy atom. The summed E-state index contributed by atoms with van der Waals surface area (Å²) in [6.07, 6.45) is -12.6. The summed E-state index contributed by atoms with van der Waals surface area (Å²) in [6, 6.07) is 6.31. The zero-order valence-electron chi connectivity index (χ0n) is 13.4. The fraction of sp³-hybridized carbons (Fsp3) is 0.438. The van der Waals surface area contributed by atoms with Crippen molar-refractivity contribution < 1.29 is 40.3 Å². The van der Waals surface area contributed by atoms with E-state index in [9.17, 15) is 35.5 Å². The number of halogens is 9. The van der Waals surface area contributed by atoms with Gasteiger partial charge in [-0.3, -0.25) is 0 Å². The lowest BCUT2D eigenvalue weighted by Gasteiger charge is -2.27. The lowest BCUT2D eigenvalue weighted by Crippen LogP contribution is -2.51. The highest BCUT2D eigenvalue weighted by atomic mass is 127. The standard InChI is InChI=1S/C16H13BrF7IO2/c17-11-6-4-10(5-7-11)13(26)27-8-2-1-3-12(25)9-14(18,15(19,20)21)16(22,23)24/h4-7,9H,1-3,8H2. The zero-order valence-corrected chi connectivity index (χ0v) is 17.2. The Morgan fingerprint density at radius 1 is 1.00 bits per heavy atom. The summed E-state index contributed by atoms with van der Waals surface area (Å²) in [6.45, 7) is -0.0713. The van der Waals surface area contributed by atoms with Crippen molar-refractivity contribution in [2.24, 2.45) is 0 Å². The van der Waals surface area contributed by atoms with Crippen LogP contribution in [0.2, 0.25) is 0 Å². The molecule has 0 amide bonds. The van der Waals surface area contributed by atoms with Gasteiger partial charge >= 0.3 is 24.0 Å². The van der Waals surface area contributed by atoms with E-state index in [4.69, 9.17) is 4.74 Å². The highest BCUT2D eigenvalue weighted by Gasteiger charge is 2.71. The summed E-state index contributed by atoms with van der Waals surface area (Å²) < 4.78 is 93.7. The Hall–Kier alpha value is -0.850. The maximum Gasteiger partial charge on any atom is 0.435 e. The second kappa shape index (κ2) is 9.57. The molecule has 1 rings (SSSR count). The van der Waals surface area contributed by atoms with Crippen LogP contribution in [0.15, 0.2) is 38.4 Å². The van der Waals surface area contributed by atoms with Crippen molar-refractivity contribution in [3.8, 4) is 0 Å². The molecule has 0 saturated carbocycles. The summed E-state index contributed by atoms with van der Waals surface area (Å²) in [5.41, 5.74) is -5.10. The van der Waals surface area contributed by atoms with Gasteiger partial charge in [0.1, 0.15) is 0 Å². The summed E-state index contributed by atoms with van der Waals surface area (Å²) in [5.74, 6) is -0.607. The van der Waals surface area contributed by atoms with Gasteiger partial charge in [0.2, 0.25) is 0 Å². The van der Waals surface area contributed by atoms with Crippen LogP contribution in [0.1, 0.15) is 29.6 Å². The molecule has 0 aliphatic carbocycles. The molecule has 1 aromatic carbocycles. The number of esters is 1. The van der Waals surface area contributed by atoms with E-state index in [1.807, 2.05) is 0 Å². The molecule has 2 nitrogen and oxygen atoms in total. The Morgan fingerprint density at radius 3 is 2.00 bits per heavy atom. The maximum absolute atomic E-state index is 13.5. The van der Waals surface area contributed by atoms with E-state index < -0.39 is 33.6 Å². The van der Waals surface area contributed by atoms with Crippen molar-refractivity contribution >= 4 is 44.5 Å². The van der Waals surface area contributed by atoms with E-state index in [1.54, 1.807) is 12.1 Å². The van der Waals surface area contributed by atoms with Gasteiger partial charge in [0, 0.05) is 4.47 Å². The Balaban J connectivity index is 2.52. The molecular weight excluding hydrogens is 564 g/mol. The van der Waals surface area contributed by atoms with E-state index in [1.165, 1.54) is 34.7 Å². The third-order valence-electron chi connectivity index (χ3n) is 3.30. The van der Waals surface area contributed by atoms with Gasteiger partial charge in [-0.2, -0.15) is 26.3 Å². The van der Waals surface area contributed by atoms with Crippen molar-refractivity contribution in [1.29, 1.82) is 0 Å². The molecule has 0 aliphatic heterocycles. The molecule has 0 spiro atoms. The molecule has 0 unspecified atom stereocenters. The summed E-state index contributed by atoms with van der Waals surface area (Å²) in [7, 11) is 0. The minimum Gasteiger partial charge on any atom is -0.462 e. The fourth-order valence-electron chi connectivity index (χ4n) is 1.84. The average Bonchev–Trinajstić information content (AvgIpc) is 2.52. The normalized spacial score (nSPS) is 13.6. The average molecular weight is 577 g/mol. The molecular formula is C16H13BrF7IO2. The van der Waals surface area contributed by atoms with Gasteiger partial charge in [-0.05, 0) is 75.8 Å². The van der Waals surface area contributed by atoms with Crippen molar-refractivity contribution in [2.75, 3.05) is 6.61 Å². The summed E-state index contributed by atoms with van der Waals surface area (Å²) >= 11 is 4.43. The van der Waals surface area contributed by atoms with Crippen molar-refractivity contribution in [2.45, 2.75) is 37.3 Å². The van der Waals surface area contributed by atoms with E-state index in [-0.39, 0.29) is 25.9 Å². The minimum absolute atomic E-state index is 0.0713. The van der Waals surface area contributed by atoms with Gasteiger partial charge in [0.25, 0.3) is 0 Å². The van der Waals surface area contributed by atoms with E-state index in [0.717, 1.165) is 4.47 Å². The Labute approximate surface area is 172 Å². The predicted octanol–water partition coefficient (Wildman–Crippen LogP) is 6.93. The zero-order chi connectivity index (χ0) is 20.9. The highest BCUT2D eigenvalue weighted by molar-refractivity contribution is 14.1. The van der Waals surface area contributed by atoms with Crippen LogP contribution < -0.4 is 0 Å². The van der Waals surface area contributed by atoms with Gasteiger partial charge < -0.3 is 4.74 Å². The van der Waals surface area contributed by atoms with E-state index in [2.05, 4.69) is 15.9 Å². The predicted molar refractivity (Wildman–Crippen MR) is 96.3 cm³/mol. The monoisotopic (exact) mass is 576 g/mol. The SMILES string of the molecule is O=C(OCCCCC(I)=CC(F)(C(F)(F)F)C(F)(F)F)c1ccc(Br)cc1. The number of hydrogen-bond donors (Lipinski definition) is 0. The third-order valence-corrected chi connectivity index (χ3v) is 4.68. The van der Waals surface area contributed by atoms with Crippen molar-refractivity contribution in [3.63, 3.8) is 0 Å². The first kappa shape index (κ1) is 24.2. The molecule has 0 radical (unpaired) electrons. The molecule has 0 aromatic heterocycles. The van der Waals surface area contributed by atoms with Crippen LogP contribution in [-0.4, -0.2) is 30.6 Å². The molecule has 0 aliphatic rings. The number of rotatable bonds is 7. The fourth-order valence-corrected chi connectivity index (χ4v) is 2.92. The molecule has 0 bridgehead atoms. The Bertz CT molecular complexity index is 655. The lowest BCUT2D eigenvalue weighted by atomic mass is 10.0. The van der Waals surface area contributed by atoms with Gasteiger partial charge in [-0.1, -0.05) is 15.9 Å². The van der Waals surface area contributed by atoms with Gasteiger partial charge in [-0.15, -0.1) is 0 Å². The largest absolute Gasteiger partial charge is 0.462 e. The second-order valence-corrected chi connectivity index (χ2v) is 7.70. The van der Waals surface area contributed by atoms with Crippen LogP contribution in [0, 0.1) is 0 Å². The molecule has 27 heavy (non-hydrogen) atoms. The quantitative estimate of drug-likeness (QED) is 0.152. The number of carbonyl (C=O) groups is 1. The molecule has 0 heterocycles. The van der Waals surface area contributed by atoms with Crippen molar-refractivity contribution in [1.82, 2.24) is 0 Å². The van der Waals surface area contributed by atoms with Crippen LogP contribution >= 0.6 is 38.5 Å². The number of hydrogen-bond acceptors (Lipinski definition) is 2. The van der Waals surface area contributed by atoms with Crippen LogP contribution in [-0.2, 0) is 4.74 Å². The minimum atomic E-state index is -6.11. The van der Waals surface area contributed by atoms with E-state index in [0.29, 0.717) is 5.56 Å². The molecule has 0 fully saturated rings. The number of ether oxygens (including phenoxy) is 1. The number of carbonyl (C=O) groups excluding carboxylic acids is 1. The summed E-state index contributed by atoms with van der Waals surface area (Å²) in [4.78, 5) is 11.7. The molecule has 0 saturated heterocycles. The number of allylic oxidation sites excluding steroid dienone is 2. The molecule has 0 atom stereocenters. The maximum atomic E-state index is 13.5. The van der Waals surface area contributed by atoms with E-state index >= 15 is 0 Å². The second-order valence-electron chi connectivity index (χ2n) is 5.40. The van der Waals surface area contributed by atoms with Crippen LogP contribution in [0.4, 0.5) is 30.7 Å². The number of alkyl halides is 7. The summed E-state index contributed by atoms with van der Waals surface area (Å²) in [5, 5.41) is 0. The first-order chi connectivity index (χ1) is 12.3. The molecule has 0 N–H and O–H groups in total. The highest BCUT2D eigenvalue weighted by Crippen LogP contribution is 2.48. The molecule has 1 aromatic rings. The molecule has 152 valence electrons. The number of benzene rings is 1. The first-order valence-corrected chi connectivity index (χ1v) is 9.27. The molecule has 11 heteroatoms. The number of unbranched alkanes of at least 4 members (excludes halogenated alkanes) is 1. The Kier molecular flexibility index (Phi) is 8.57. The first-order valence-electron chi connectivity index (χ1n) is 7.40. The van der Waals surface area contributed by atoms with Crippen LogP contribution in [0.3, 0.4) is 0 Å². The van der Waals surface area contributed by atoms with Crippen LogP contribution in [0.5, 0.6) is 0 Å². The smallest absolute Gasteiger partial charge is 0.435 e. The van der Waals surface area contributed by atoms with Crippen molar-refractivity contribution in [3.05, 3.63) is 44.0 Å². The topological polar surface area (TPSA) is 26.3 Å². The van der Waals surface area contributed by atoms with Gasteiger partial charge in [-0.25, -0.2) is 9.18 Å². The lowest BCUT2D eigenvalue weighted by molar-refractivity contribution is -0.322. The van der Waals surface area contributed by atoms with Crippen LogP contribution in [0.25, 0.3) is 0 Å². The van der Waals surface area contributed by atoms with Gasteiger partial charge in [0.15, 0.2) is 0 Å². The van der Waals surface area contributed by atoms with Gasteiger partial charge in [0.05, 0.1) is 12.2 Å². The third kappa shape index (κ3) is 6.91.